The highest BCUT2D eigenvalue weighted by atomic mass is 32.1. The quantitative estimate of drug-likeness (QED) is 0.311. The van der Waals surface area contributed by atoms with E-state index in [4.69, 9.17) is 9.47 Å². The SMILES string of the molecule is CCOC(=O)c1c(NC(=O)COC(=O)CN2C(=O)C3CC=CCC3C2=O)sc(C(=O)NC)c1C. The number of fused-ring (bicyclic) bond motifs is 1. The normalized spacial score (nSPS) is 19.0. The van der Waals surface area contributed by atoms with Crippen LogP contribution in [0, 0.1) is 18.8 Å². The van der Waals surface area contributed by atoms with Crippen molar-refractivity contribution in [2.24, 2.45) is 11.8 Å². The van der Waals surface area contributed by atoms with Crippen molar-refractivity contribution in [1.29, 1.82) is 0 Å². The summed E-state index contributed by atoms with van der Waals surface area (Å²) in [6.07, 6.45) is 4.57. The maximum atomic E-state index is 12.4. The minimum Gasteiger partial charge on any atom is -0.462 e. The number of thiophene rings is 1. The average molecular weight is 492 g/mol. The molecule has 2 unspecified atom stereocenters. The molecule has 2 aliphatic rings. The Morgan fingerprint density at radius 2 is 1.71 bits per heavy atom. The third-order valence-corrected chi connectivity index (χ3v) is 6.77. The number of allylic oxidation sites excluding steroid dienone is 2. The summed E-state index contributed by atoms with van der Waals surface area (Å²) in [5, 5.41) is 5.00. The molecule has 0 bridgehead atoms. The number of esters is 2. The Morgan fingerprint density at radius 1 is 1.09 bits per heavy atom. The second-order valence-electron chi connectivity index (χ2n) is 7.69. The second kappa shape index (κ2) is 10.6. The van der Waals surface area contributed by atoms with Crippen LogP contribution in [0.2, 0.25) is 0 Å². The summed E-state index contributed by atoms with van der Waals surface area (Å²) >= 11 is 0.885. The van der Waals surface area contributed by atoms with Gasteiger partial charge in [0.1, 0.15) is 11.5 Å². The molecule has 4 amide bonds. The van der Waals surface area contributed by atoms with Gasteiger partial charge in [0.05, 0.1) is 28.9 Å². The first-order valence-corrected chi connectivity index (χ1v) is 11.5. The fourth-order valence-corrected chi connectivity index (χ4v) is 5.05. The van der Waals surface area contributed by atoms with Crippen LogP contribution in [-0.4, -0.2) is 67.3 Å². The number of carbonyl (C=O) groups is 6. The van der Waals surface area contributed by atoms with E-state index in [2.05, 4.69) is 10.6 Å². The van der Waals surface area contributed by atoms with Crippen LogP contribution in [0.5, 0.6) is 0 Å². The first kappa shape index (κ1) is 25.1. The van der Waals surface area contributed by atoms with E-state index in [1.54, 1.807) is 13.8 Å². The smallest absolute Gasteiger partial charge is 0.341 e. The minimum atomic E-state index is -0.914. The fraction of sp³-hybridized carbons (Fsp3) is 0.455. The van der Waals surface area contributed by atoms with Crippen LogP contribution in [0.4, 0.5) is 5.00 Å². The van der Waals surface area contributed by atoms with E-state index < -0.39 is 60.6 Å². The summed E-state index contributed by atoms with van der Waals surface area (Å²) in [6.45, 7) is 1.99. The van der Waals surface area contributed by atoms with Crippen LogP contribution in [0.25, 0.3) is 0 Å². The van der Waals surface area contributed by atoms with Gasteiger partial charge in [-0.15, -0.1) is 11.3 Å². The number of nitrogens with one attached hydrogen (secondary N) is 2. The summed E-state index contributed by atoms with van der Waals surface area (Å²) in [5.41, 5.74) is 0.381. The summed E-state index contributed by atoms with van der Waals surface area (Å²) in [6, 6.07) is 0. The van der Waals surface area contributed by atoms with E-state index in [0.717, 1.165) is 16.2 Å². The van der Waals surface area contributed by atoms with Gasteiger partial charge in [0.25, 0.3) is 11.8 Å². The van der Waals surface area contributed by atoms with E-state index >= 15 is 0 Å². The Morgan fingerprint density at radius 3 is 2.26 bits per heavy atom. The Balaban J connectivity index is 1.62. The molecule has 0 radical (unpaired) electrons. The van der Waals surface area contributed by atoms with Gasteiger partial charge < -0.3 is 20.1 Å². The highest BCUT2D eigenvalue weighted by Crippen LogP contribution is 2.35. The first-order chi connectivity index (χ1) is 16.2. The van der Waals surface area contributed by atoms with Gasteiger partial charge >= 0.3 is 11.9 Å². The van der Waals surface area contributed by atoms with Crippen molar-refractivity contribution in [3.63, 3.8) is 0 Å². The van der Waals surface area contributed by atoms with Crippen LogP contribution in [0.15, 0.2) is 12.2 Å². The molecule has 34 heavy (non-hydrogen) atoms. The summed E-state index contributed by atoms with van der Waals surface area (Å²) in [7, 11) is 1.44. The molecule has 1 aliphatic carbocycles. The molecular formula is C22H25N3O8S. The monoisotopic (exact) mass is 491 g/mol. The number of carbonyl (C=O) groups excluding carboxylic acids is 6. The predicted molar refractivity (Wildman–Crippen MR) is 120 cm³/mol. The first-order valence-electron chi connectivity index (χ1n) is 10.7. The van der Waals surface area contributed by atoms with Crippen LogP contribution in [-0.2, 0) is 28.7 Å². The van der Waals surface area contributed by atoms with Crippen LogP contribution >= 0.6 is 11.3 Å². The Hall–Kier alpha value is -3.54. The van der Waals surface area contributed by atoms with Crippen molar-refractivity contribution in [3.8, 4) is 0 Å². The van der Waals surface area contributed by atoms with Crippen molar-refractivity contribution in [2.45, 2.75) is 26.7 Å². The summed E-state index contributed by atoms with van der Waals surface area (Å²) in [4.78, 5) is 75.0. The molecule has 1 fully saturated rings. The van der Waals surface area contributed by atoms with Gasteiger partial charge in [-0.05, 0) is 32.3 Å². The lowest BCUT2D eigenvalue weighted by Crippen LogP contribution is -2.37. The predicted octanol–water partition coefficient (Wildman–Crippen LogP) is 1.03. The second-order valence-corrected chi connectivity index (χ2v) is 8.71. The molecule has 2 N–H and O–H groups in total. The lowest BCUT2D eigenvalue weighted by Gasteiger charge is -2.14. The van der Waals surface area contributed by atoms with E-state index in [-0.39, 0.29) is 22.0 Å². The van der Waals surface area contributed by atoms with Crippen molar-refractivity contribution in [1.82, 2.24) is 10.2 Å². The molecule has 1 aliphatic heterocycles. The van der Waals surface area contributed by atoms with E-state index in [1.807, 2.05) is 12.2 Å². The highest BCUT2D eigenvalue weighted by molar-refractivity contribution is 7.18. The largest absolute Gasteiger partial charge is 0.462 e. The number of anilines is 1. The molecule has 182 valence electrons. The maximum Gasteiger partial charge on any atom is 0.341 e. The van der Waals surface area contributed by atoms with Gasteiger partial charge in [0.2, 0.25) is 11.8 Å². The minimum absolute atomic E-state index is 0.0367. The Bertz CT molecular complexity index is 1050. The van der Waals surface area contributed by atoms with E-state index in [9.17, 15) is 28.8 Å². The molecule has 2 atom stereocenters. The number of likely N-dealkylation sites (tertiary alicyclic amines) is 1. The van der Waals surface area contributed by atoms with Crippen LogP contribution in [0.1, 0.15) is 45.4 Å². The van der Waals surface area contributed by atoms with Crippen molar-refractivity contribution < 1.29 is 38.2 Å². The fourth-order valence-electron chi connectivity index (χ4n) is 3.89. The number of amides is 4. The lowest BCUT2D eigenvalue weighted by atomic mass is 9.85. The van der Waals surface area contributed by atoms with Gasteiger partial charge in [0.15, 0.2) is 6.61 Å². The molecule has 1 saturated heterocycles. The van der Waals surface area contributed by atoms with Gasteiger partial charge in [-0.3, -0.25) is 28.9 Å². The zero-order valence-electron chi connectivity index (χ0n) is 19.0. The topological polar surface area (TPSA) is 148 Å². The molecule has 12 heteroatoms. The number of nitrogens with zero attached hydrogens (tertiary/aromatic N) is 1. The Kier molecular flexibility index (Phi) is 7.82. The zero-order chi connectivity index (χ0) is 25.0. The number of hydrogen-bond donors (Lipinski definition) is 2. The highest BCUT2D eigenvalue weighted by Gasteiger charge is 2.47. The number of ether oxygens (including phenoxy) is 2. The standard InChI is InChI=1S/C22H25N3O8S/c1-4-32-22(31)16-11(2)17(18(28)23-3)34-19(16)24-14(26)10-33-15(27)9-25-20(29)12-7-5-6-8-13(12)21(25)30/h5-6,12-13H,4,7-10H2,1-3H3,(H,23,28)(H,24,26). The molecule has 1 aromatic rings. The van der Waals surface area contributed by atoms with Crippen LogP contribution < -0.4 is 10.6 Å². The van der Waals surface area contributed by atoms with Gasteiger partial charge in [0, 0.05) is 7.05 Å². The van der Waals surface area contributed by atoms with E-state index in [1.165, 1.54) is 7.05 Å². The van der Waals surface area contributed by atoms with Crippen molar-refractivity contribution in [3.05, 3.63) is 28.2 Å². The molecule has 1 aromatic heterocycles. The third kappa shape index (κ3) is 5.01. The zero-order valence-corrected chi connectivity index (χ0v) is 19.8. The molecule has 0 spiro atoms. The maximum absolute atomic E-state index is 12.4. The number of rotatable bonds is 8. The van der Waals surface area contributed by atoms with Gasteiger partial charge in [-0.2, -0.15) is 0 Å². The summed E-state index contributed by atoms with van der Waals surface area (Å²) in [5.74, 6) is -4.59. The molecule has 11 nitrogen and oxygen atoms in total. The Labute approximate surface area is 199 Å². The lowest BCUT2D eigenvalue weighted by molar-refractivity contribution is -0.154. The van der Waals surface area contributed by atoms with Gasteiger partial charge in [-0.1, -0.05) is 12.2 Å². The third-order valence-electron chi connectivity index (χ3n) is 5.56. The molecular weight excluding hydrogens is 466 g/mol. The van der Waals surface area contributed by atoms with Crippen LogP contribution in [0.3, 0.4) is 0 Å². The van der Waals surface area contributed by atoms with Crippen molar-refractivity contribution >= 4 is 51.9 Å². The van der Waals surface area contributed by atoms with E-state index in [0.29, 0.717) is 18.4 Å². The number of hydrogen-bond acceptors (Lipinski definition) is 9. The average Bonchev–Trinajstić information content (AvgIpc) is 3.26. The van der Waals surface area contributed by atoms with Crippen molar-refractivity contribution in [2.75, 3.05) is 32.1 Å². The molecule has 2 heterocycles. The molecule has 0 saturated carbocycles. The summed E-state index contributed by atoms with van der Waals surface area (Å²) < 4.78 is 9.95. The number of imide groups is 1. The molecule has 0 aromatic carbocycles. The van der Waals surface area contributed by atoms with Gasteiger partial charge in [-0.25, -0.2) is 4.79 Å². The molecule has 3 rings (SSSR count).